The van der Waals surface area contributed by atoms with Crippen molar-refractivity contribution in [2.75, 3.05) is 26.2 Å². The van der Waals surface area contributed by atoms with Crippen LogP contribution in [0.3, 0.4) is 0 Å². The van der Waals surface area contributed by atoms with Crippen LogP contribution in [-0.2, 0) is 4.74 Å². The van der Waals surface area contributed by atoms with E-state index >= 15 is 0 Å². The van der Waals surface area contributed by atoms with Gasteiger partial charge in [0.05, 0.1) is 6.04 Å². The SMILES string of the molecule is CC1NCC(c2cc(C(=O)NC3CNN(CC4CCCC(F)C4)C3)no2)O1. The lowest BCUT2D eigenvalue weighted by atomic mass is 9.88. The van der Waals surface area contributed by atoms with Crippen LogP contribution in [0, 0.1) is 5.92 Å². The predicted octanol–water partition coefficient (Wildman–Crippen LogP) is 1.13. The zero-order valence-electron chi connectivity index (χ0n) is 15.6. The van der Waals surface area contributed by atoms with Crippen molar-refractivity contribution in [3.63, 3.8) is 0 Å². The molecule has 4 rings (SSSR count). The van der Waals surface area contributed by atoms with E-state index in [1.165, 1.54) is 0 Å². The highest BCUT2D eigenvalue weighted by atomic mass is 19.1. The van der Waals surface area contributed by atoms with Crippen molar-refractivity contribution >= 4 is 5.91 Å². The first kappa shape index (κ1) is 18.8. The number of nitrogens with zero attached hydrogens (tertiary/aromatic N) is 2. The van der Waals surface area contributed by atoms with E-state index in [-0.39, 0.29) is 30.0 Å². The van der Waals surface area contributed by atoms with Crippen LogP contribution in [0.2, 0.25) is 0 Å². The number of aromatic nitrogens is 1. The number of alkyl halides is 1. The summed E-state index contributed by atoms with van der Waals surface area (Å²) in [5.41, 5.74) is 3.57. The van der Waals surface area contributed by atoms with Crippen molar-refractivity contribution in [3.8, 4) is 0 Å². The van der Waals surface area contributed by atoms with Crippen LogP contribution in [0.4, 0.5) is 4.39 Å². The average molecular weight is 381 g/mol. The molecule has 3 N–H and O–H groups in total. The van der Waals surface area contributed by atoms with E-state index in [0.29, 0.717) is 44.2 Å². The molecule has 1 aromatic rings. The Balaban J connectivity index is 1.25. The molecule has 5 atom stereocenters. The van der Waals surface area contributed by atoms with E-state index in [9.17, 15) is 9.18 Å². The van der Waals surface area contributed by atoms with E-state index < -0.39 is 6.17 Å². The van der Waals surface area contributed by atoms with Crippen LogP contribution in [0.1, 0.15) is 55.0 Å². The van der Waals surface area contributed by atoms with Gasteiger partial charge in [-0.25, -0.2) is 9.40 Å². The van der Waals surface area contributed by atoms with Gasteiger partial charge in [0.1, 0.15) is 18.5 Å². The lowest BCUT2D eigenvalue weighted by molar-refractivity contribution is 0.0374. The molecule has 0 spiro atoms. The molecule has 2 aliphatic heterocycles. The minimum Gasteiger partial charge on any atom is -0.358 e. The quantitative estimate of drug-likeness (QED) is 0.704. The summed E-state index contributed by atoms with van der Waals surface area (Å²) in [5.74, 6) is 0.691. The minimum absolute atomic E-state index is 0.00756. The van der Waals surface area contributed by atoms with Gasteiger partial charge in [-0.15, -0.1) is 0 Å². The van der Waals surface area contributed by atoms with Crippen molar-refractivity contribution in [1.29, 1.82) is 0 Å². The Labute approximate surface area is 158 Å². The van der Waals surface area contributed by atoms with Crippen molar-refractivity contribution in [2.45, 2.75) is 57.2 Å². The first-order valence-corrected chi connectivity index (χ1v) is 9.85. The number of hydrogen-bond acceptors (Lipinski definition) is 7. The second kappa shape index (κ2) is 8.22. The van der Waals surface area contributed by atoms with E-state index in [1.54, 1.807) is 6.07 Å². The van der Waals surface area contributed by atoms with Crippen LogP contribution in [0.15, 0.2) is 10.6 Å². The summed E-state index contributed by atoms with van der Waals surface area (Å²) in [6.45, 7) is 4.75. The standard InChI is InChI=1S/C18H28FN5O3/c1-11-20-8-17(26-11)16-6-15(23-27-16)18(25)22-14-7-21-24(10-14)9-12-3-2-4-13(19)5-12/h6,11-14,17,20-21H,2-5,7-10H2,1H3,(H,22,25). The van der Waals surface area contributed by atoms with E-state index in [4.69, 9.17) is 9.26 Å². The van der Waals surface area contributed by atoms with Crippen molar-refractivity contribution in [1.82, 2.24) is 26.2 Å². The Hall–Kier alpha value is -1.55. The summed E-state index contributed by atoms with van der Waals surface area (Å²) >= 11 is 0. The number of carbonyl (C=O) groups excluding carboxylic acids is 1. The summed E-state index contributed by atoms with van der Waals surface area (Å²) in [6, 6.07) is 1.63. The molecule has 9 heteroatoms. The highest BCUT2D eigenvalue weighted by Crippen LogP contribution is 2.27. The van der Waals surface area contributed by atoms with Gasteiger partial charge in [0.15, 0.2) is 11.5 Å². The largest absolute Gasteiger partial charge is 0.358 e. The van der Waals surface area contributed by atoms with Crippen molar-refractivity contribution < 1.29 is 18.4 Å². The molecule has 150 valence electrons. The van der Waals surface area contributed by atoms with Crippen LogP contribution in [-0.4, -0.2) is 60.7 Å². The number of rotatable bonds is 5. The highest BCUT2D eigenvalue weighted by molar-refractivity contribution is 5.92. The molecule has 3 fully saturated rings. The molecule has 1 saturated carbocycles. The molecule has 8 nitrogen and oxygen atoms in total. The van der Waals surface area contributed by atoms with Crippen molar-refractivity contribution in [2.24, 2.45) is 5.92 Å². The number of ether oxygens (including phenoxy) is 1. The third kappa shape index (κ3) is 4.66. The van der Waals surface area contributed by atoms with Gasteiger partial charge in [-0.2, -0.15) is 0 Å². The molecule has 3 heterocycles. The van der Waals surface area contributed by atoms with Gasteiger partial charge in [0, 0.05) is 32.2 Å². The highest BCUT2D eigenvalue weighted by Gasteiger charge is 2.30. The maximum absolute atomic E-state index is 13.6. The molecule has 1 aromatic heterocycles. The van der Waals surface area contributed by atoms with Gasteiger partial charge in [0.25, 0.3) is 5.91 Å². The molecular formula is C18H28FN5O3. The third-order valence-corrected chi connectivity index (χ3v) is 5.57. The number of halogens is 1. The normalized spacial score (nSPS) is 34.8. The van der Waals surface area contributed by atoms with E-state index in [1.807, 2.05) is 6.92 Å². The summed E-state index contributed by atoms with van der Waals surface area (Å²) < 4.78 is 24.5. The van der Waals surface area contributed by atoms with Gasteiger partial charge in [-0.1, -0.05) is 11.6 Å². The summed E-state index contributed by atoms with van der Waals surface area (Å²) in [5, 5.41) is 12.1. The van der Waals surface area contributed by atoms with Gasteiger partial charge in [-0.05, 0) is 32.1 Å². The van der Waals surface area contributed by atoms with Crippen LogP contribution >= 0.6 is 0 Å². The zero-order valence-corrected chi connectivity index (χ0v) is 15.6. The fourth-order valence-corrected chi connectivity index (χ4v) is 4.16. The van der Waals surface area contributed by atoms with Gasteiger partial charge in [-0.3, -0.25) is 15.5 Å². The lowest BCUT2D eigenvalue weighted by Crippen LogP contribution is -2.39. The number of amides is 1. The predicted molar refractivity (Wildman–Crippen MR) is 95.5 cm³/mol. The number of hydrazine groups is 1. The number of carbonyl (C=O) groups is 1. The van der Waals surface area contributed by atoms with E-state index in [0.717, 1.165) is 19.4 Å². The maximum atomic E-state index is 13.6. The number of nitrogens with one attached hydrogen (secondary N) is 3. The van der Waals surface area contributed by atoms with Gasteiger partial charge < -0.3 is 14.6 Å². The fraction of sp³-hybridized carbons (Fsp3) is 0.778. The Kier molecular flexibility index (Phi) is 5.72. The smallest absolute Gasteiger partial charge is 0.273 e. The lowest BCUT2D eigenvalue weighted by Gasteiger charge is -2.28. The molecule has 5 unspecified atom stereocenters. The first-order valence-electron chi connectivity index (χ1n) is 9.85. The molecule has 0 radical (unpaired) electrons. The Bertz CT molecular complexity index is 657. The minimum atomic E-state index is -0.662. The molecule has 2 saturated heterocycles. The molecular weight excluding hydrogens is 353 g/mol. The summed E-state index contributed by atoms with van der Waals surface area (Å²) in [6.07, 6.45) is 2.47. The van der Waals surface area contributed by atoms with Crippen molar-refractivity contribution in [3.05, 3.63) is 17.5 Å². The molecule has 1 amide bonds. The third-order valence-electron chi connectivity index (χ3n) is 5.57. The Morgan fingerprint density at radius 2 is 2.33 bits per heavy atom. The van der Waals surface area contributed by atoms with Crippen LogP contribution < -0.4 is 16.1 Å². The Morgan fingerprint density at radius 1 is 1.44 bits per heavy atom. The second-order valence-electron chi connectivity index (χ2n) is 7.86. The molecule has 27 heavy (non-hydrogen) atoms. The van der Waals surface area contributed by atoms with Gasteiger partial charge >= 0.3 is 0 Å². The number of hydrogen-bond donors (Lipinski definition) is 3. The topological polar surface area (TPSA) is 91.7 Å². The monoisotopic (exact) mass is 381 g/mol. The summed E-state index contributed by atoms with van der Waals surface area (Å²) in [4.78, 5) is 12.4. The summed E-state index contributed by atoms with van der Waals surface area (Å²) in [7, 11) is 0. The molecule has 0 bridgehead atoms. The maximum Gasteiger partial charge on any atom is 0.273 e. The molecule has 0 aromatic carbocycles. The molecule has 1 aliphatic carbocycles. The molecule has 3 aliphatic rings. The zero-order chi connectivity index (χ0) is 18.8. The van der Waals surface area contributed by atoms with Gasteiger partial charge in [0.2, 0.25) is 0 Å². The van der Waals surface area contributed by atoms with Crippen LogP contribution in [0.5, 0.6) is 0 Å². The fourth-order valence-electron chi connectivity index (χ4n) is 4.16. The first-order chi connectivity index (χ1) is 13.1. The Morgan fingerprint density at radius 3 is 3.11 bits per heavy atom. The van der Waals surface area contributed by atoms with E-state index in [2.05, 4.69) is 26.2 Å². The average Bonchev–Trinajstić information content (AvgIpc) is 3.36. The second-order valence-corrected chi connectivity index (χ2v) is 7.86. The van der Waals surface area contributed by atoms with Crippen LogP contribution in [0.25, 0.3) is 0 Å².